The number of rotatable bonds is 5. The van der Waals surface area contributed by atoms with E-state index in [1.807, 2.05) is 0 Å². The van der Waals surface area contributed by atoms with Crippen molar-refractivity contribution in [2.75, 3.05) is 12.4 Å². The first-order valence-corrected chi connectivity index (χ1v) is 9.14. The maximum absolute atomic E-state index is 12.0. The van der Waals surface area contributed by atoms with Crippen molar-refractivity contribution >= 4 is 27.5 Å². The zero-order chi connectivity index (χ0) is 19.3. The number of methoxy groups -OCH3 is 1. The molecule has 0 aliphatic carbocycles. The molecule has 2 aromatic carbocycles. The summed E-state index contributed by atoms with van der Waals surface area (Å²) in [6, 6.07) is 11.9. The Balaban J connectivity index is 1.97. The van der Waals surface area contributed by atoms with Gasteiger partial charge in [-0.05, 0) is 48.9 Å². The van der Waals surface area contributed by atoms with E-state index in [2.05, 4.69) is 10.6 Å². The van der Waals surface area contributed by atoms with Gasteiger partial charge in [-0.3, -0.25) is 9.59 Å². The van der Waals surface area contributed by atoms with Crippen molar-refractivity contribution in [3.8, 4) is 5.75 Å². The molecule has 0 heterocycles. The van der Waals surface area contributed by atoms with E-state index in [1.165, 1.54) is 24.3 Å². The zero-order valence-electron chi connectivity index (χ0n) is 14.2. The van der Waals surface area contributed by atoms with Gasteiger partial charge in [0.05, 0.1) is 18.0 Å². The normalized spacial score (nSPS) is 12.1. The quantitative estimate of drug-likeness (QED) is 0.674. The second-order valence-electron chi connectivity index (χ2n) is 5.49. The van der Waals surface area contributed by atoms with Gasteiger partial charge in [0.15, 0.2) is 0 Å². The molecule has 138 valence electrons. The van der Waals surface area contributed by atoms with E-state index >= 15 is 0 Å². The Labute approximate surface area is 151 Å². The molecule has 0 spiro atoms. The molecule has 0 bridgehead atoms. The fraction of sp³-hybridized carbons (Fsp3) is 0.176. The van der Waals surface area contributed by atoms with Crippen LogP contribution in [0.25, 0.3) is 0 Å². The second kappa shape index (κ2) is 7.98. The first kappa shape index (κ1) is 19.4. The lowest BCUT2D eigenvalue weighted by molar-refractivity contribution is -0.136. The van der Waals surface area contributed by atoms with Crippen LogP contribution in [0, 0.1) is 0 Å². The Morgan fingerprint density at radius 2 is 1.58 bits per heavy atom. The van der Waals surface area contributed by atoms with E-state index in [0.717, 1.165) is 5.56 Å². The van der Waals surface area contributed by atoms with Crippen molar-refractivity contribution in [2.45, 2.75) is 17.9 Å². The SMILES string of the molecule is COc1ccc(C(C)NC(=O)C(=O)Nc2ccc(S(N)(=O)=O)cc2)cc1. The highest BCUT2D eigenvalue weighted by atomic mass is 32.2. The highest BCUT2D eigenvalue weighted by Crippen LogP contribution is 2.17. The lowest BCUT2D eigenvalue weighted by Gasteiger charge is -2.14. The summed E-state index contributed by atoms with van der Waals surface area (Å²) in [6.07, 6.45) is 0. The summed E-state index contributed by atoms with van der Waals surface area (Å²) in [5.74, 6) is -0.995. The van der Waals surface area contributed by atoms with Crippen LogP contribution in [-0.4, -0.2) is 27.3 Å². The number of amides is 2. The van der Waals surface area contributed by atoms with Gasteiger partial charge in [-0.1, -0.05) is 12.1 Å². The molecule has 0 saturated carbocycles. The average molecular weight is 377 g/mol. The molecule has 2 rings (SSSR count). The summed E-state index contributed by atoms with van der Waals surface area (Å²) in [6.45, 7) is 1.74. The predicted molar refractivity (Wildman–Crippen MR) is 96.0 cm³/mol. The Hall–Kier alpha value is -2.91. The number of primary sulfonamides is 1. The van der Waals surface area contributed by atoms with E-state index < -0.39 is 21.8 Å². The number of carbonyl (C=O) groups excluding carboxylic acids is 2. The van der Waals surface area contributed by atoms with E-state index in [9.17, 15) is 18.0 Å². The lowest BCUT2D eigenvalue weighted by Crippen LogP contribution is -2.36. The number of benzene rings is 2. The van der Waals surface area contributed by atoms with Crippen LogP contribution in [0.5, 0.6) is 5.75 Å². The van der Waals surface area contributed by atoms with Gasteiger partial charge in [0, 0.05) is 5.69 Å². The highest BCUT2D eigenvalue weighted by molar-refractivity contribution is 7.89. The van der Waals surface area contributed by atoms with E-state index in [-0.39, 0.29) is 16.6 Å². The number of nitrogens with one attached hydrogen (secondary N) is 2. The van der Waals surface area contributed by atoms with Gasteiger partial charge >= 0.3 is 11.8 Å². The Morgan fingerprint density at radius 3 is 2.08 bits per heavy atom. The van der Waals surface area contributed by atoms with Gasteiger partial charge < -0.3 is 15.4 Å². The van der Waals surface area contributed by atoms with Crippen LogP contribution in [0.2, 0.25) is 0 Å². The van der Waals surface area contributed by atoms with Crippen LogP contribution in [0.15, 0.2) is 53.4 Å². The largest absolute Gasteiger partial charge is 0.497 e. The first-order chi connectivity index (χ1) is 12.2. The van der Waals surface area contributed by atoms with Gasteiger partial charge in [0.2, 0.25) is 10.0 Å². The molecule has 0 aromatic heterocycles. The number of hydrogen-bond donors (Lipinski definition) is 3. The van der Waals surface area contributed by atoms with Crippen molar-refractivity contribution in [3.05, 3.63) is 54.1 Å². The van der Waals surface area contributed by atoms with Crippen molar-refractivity contribution in [1.82, 2.24) is 5.32 Å². The van der Waals surface area contributed by atoms with Crippen molar-refractivity contribution in [2.24, 2.45) is 5.14 Å². The Kier molecular flexibility index (Phi) is 5.96. The molecule has 1 atom stereocenters. The minimum absolute atomic E-state index is 0.0897. The van der Waals surface area contributed by atoms with Crippen LogP contribution >= 0.6 is 0 Å². The summed E-state index contributed by atoms with van der Waals surface area (Å²) >= 11 is 0. The van der Waals surface area contributed by atoms with E-state index in [1.54, 1.807) is 38.3 Å². The molecule has 0 radical (unpaired) electrons. The molecular formula is C17H19N3O5S. The molecule has 0 saturated heterocycles. The fourth-order valence-corrected chi connectivity index (χ4v) is 2.67. The molecular weight excluding hydrogens is 358 g/mol. The molecule has 9 heteroatoms. The molecule has 2 amide bonds. The van der Waals surface area contributed by atoms with E-state index in [0.29, 0.717) is 5.75 Å². The number of ether oxygens (including phenoxy) is 1. The van der Waals surface area contributed by atoms with Crippen LogP contribution in [0.4, 0.5) is 5.69 Å². The summed E-state index contributed by atoms with van der Waals surface area (Å²) in [7, 11) is -2.26. The summed E-state index contributed by atoms with van der Waals surface area (Å²) in [5, 5.41) is 9.97. The van der Waals surface area contributed by atoms with Crippen LogP contribution in [-0.2, 0) is 19.6 Å². The van der Waals surface area contributed by atoms with Gasteiger partial charge in [0.25, 0.3) is 0 Å². The number of sulfonamides is 1. The molecule has 2 aromatic rings. The monoisotopic (exact) mass is 377 g/mol. The minimum atomic E-state index is -3.82. The van der Waals surface area contributed by atoms with Gasteiger partial charge in [-0.15, -0.1) is 0 Å². The average Bonchev–Trinajstić information content (AvgIpc) is 2.61. The topological polar surface area (TPSA) is 128 Å². The van der Waals surface area contributed by atoms with Gasteiger partial charge in [0.1, 0.15) is 5.75 Å². The molecule has 8 nitrogen and oxygen atoms in total. The smallest absolute Gasteiger partial charge is 0.313 e. The number of hydrogen-bond acceptors (Lipinski definition) is 5. The third-order valence-corrected chi connectivity index (χ3v) is 4.54. The third-order valence-electron chi connectivity index (χ3n) is 3.61. The summed E-state index contributed by atoms with van der Waals surface area (Å²) < 4.78 is 27.4. The molecule has 1 unspecified atom stereocenters. The van der Waals surface area contributed by atoms with E-state index in [4.69, 9.17) is 9.88 Å². The third kappa shape index (κ3) is 5.04. The minimum Gasteiger partial charge on any atom is -0.497 e. The van der Waals surface area contributed by atoms with Gasteiger partial charge in [-0.25, -0.2) is 13.6 Å². The number of carbonyl (C=O) groups is 2. The van der Waals surface area contributed by atoms with Crippen LogP contribution in [0.1, 0.15) is 18.5 Å². The van der Waals surface area contributed by atoms with Crippen LogP contribution < -0.4 is 20.5 Å². The van der Waals surface area contributed by atoms with Crippen LogP contribution in [0.3, 0.4) is 0 Å². The standard InChI is InChI=1S/C17H19N3O5S/c1-11(12-3-7-14(25-2)8-4-12)19-16(21)17(22)20-13-5-9-15(10-6-13)26(18,23)24/h3-11H,1-2H3,(H,19,21)(H,20,22)(H2,18,23,24). The first-order valence-electron chi connectivity index (χ1n) is 7.59. The Bertz CT molecular complexity index is 893. The van der Waals surface area contributed by atoms with Crippen molar-refractivity contribution in [1.29, 1.82) is 0 Å². The lowest BCUT2D eigenvalue weighted by atomic mass is 10.1. The zero-order valence-corrected chi connectivity index (χ0v) is 15.0. The maximum Gasteiger partial charge on any atom is 0.313 e. The molecule has 0 fully saturated rings. The molecule has 4 N–H and O–H groups in total. The molecule has 26 heavy (non-hydrogen) atoms. The molecule has 0 aliphatic heterocycles. The maximum atomic E-state index is 12.0. The van der Waals surface area contributed by atoms with Crippen molar-refractivity contribution < 1.29 is 22.7 Å². The number of anilines is 1. The highest BCUT2D eigenvalue weighted by Gasteiger charge is 2.17. The Morgan fingerprint density at radius 1 is 1.00 bits per heavy atom. The molecule has 0 aliphatic rings. The predicted octanol–water partition coefficient (Wildman–Crippen LogP) is 1.16. The second-order valence-corrected chi connectivity index (χ2v) is 7.05. The number of nitrogens with two attached hydrogens (primary N) is 1. The van der Waals surface area contributed by atoms with Crippen molar-refractivity contribution in [3.63, 3.8) is 0 Å². The summed E-state index contributed by atoms with van der Waals surface area (Å²) in [4.78, 5) is 23.9. The van der Waals surface area contributed by atoms with Gasteiger partial charge in [-0.2, -0.15) is 0 Å². The fourth-order valence-electron chi connectivity index (χ4n) is 2.15. The summed E-state index contributed by atoms with van der Waals surface area (Å²) in [5.41, 5.74) is 1.08.